The number of benzene rings is 1. The van der Waals surface area contributed by atoms with Crippen molar-refractivity contribution in [2.75, 3.05) is 11.4 Å². The molecule has 2 aliphatic heterocycles. The molecule has 6 heteroatoms. The number of anilines is 1. The lowest BCUT2D eigenvalue weighted by Gasteiger charge is -2.37. The van der Waals surface area contributed by atoms with Gasteiger partial charge >= 0.3 is 6.03 Å². The Morgan fingerprint density at radius 3 is 2.44 bits per heavy atom. The molecule has 0 spiro atoms. The van der Waals surface area contributed by atoms with E-state index in [0.717, 1.165) is 10.5 Å². The average molecular weight is 343 g/mol. The van der Waals surface area contributed by atoms with Crippen molar-refractivity contribution in [1.29, 1.82) is 0 Å². The predicted octanol–water partition coefficient (Wildman–Crippen LogP) is 2.46. The maximum atomic E-state index is 13.1. The molecule has 2 fully saturated rings. The molecule has 0 aromatic heterocycles. The zero-order chi connectivity index (χ0) is 18.4. The second-order valence-electron chi connectivity index (χ2n) is 8.12. The van der Waals surface area contributed by atoms with Gasteiger partial charge in [0.15, 0.2) is 0 Å². The number of aryl methyl sites for hydroxylation is 1. The molecule has 0 bridgehead atoms. The van der Waals surface area contributed by atoms with Gasteiger partial charge in [0.05, 0.1) is 11.7 Å². The van der Waals surface area contributed by atoms with Crippen molar-refractivity contribution < 1.29 is 14.4 Å². The van der Waals surface area contributed by atoms with Crippen molar-refractivity contribution in [1.82, 2.24) is 10.2 Å². The van der Waals surface area contributed by atoms with Gasteiger partial charge in [0, 0.05) is 13.0 Å². The number of carbonyl (C=O) groups is 3. The number of hydrogen-bond acceptors (Lipinski definition) is 3. The SMILES string of the molecule is Cc1ccc(N2C(=O)N[C@@H]3CCN(C(=O)CC(C)(C)C)[C@H]3C2=O)cc1. The molecule has 1 aromatic carbocycles. The smallest absolute Gasteiger partial charge is 0.329 e. The number of hydrogen-bond donors (Lipinski definition) is 1. The van der Waals surface area contributed by atoms with E-state index in [1.165, 1.54) is 0 Å². The molecule has 2 atom stereocenters. The van der Waals surface area contributed by atoms with Crippen LogP contribution in [0.4, 0.5) is 10.5 Å². The number of fused-ring (bicyclic) bond motifs is 1. The molecular formula is C19H25N3O3. The van der Waals surface area contributed by atoms with Crippen LogP contribution >= 0.6 is 0 Å². The van der Waals surface area contributed by atoms with Crippen LogP contribution < -0.4 is 10.2 Å². The van der Waals surface area contributed by atoms with Crippen LogP contribution in [-0.4, -0.2) is 41.4 Å². The summed E-state index contributed by atoms with van der Waals surface area (Å²) in [5.74, 6) is -0.356. The van der Waals surface area contributed by atoms with Crippen LogP contribution in [0.5, 0.6) is 0 Å². The third-order valence-electron chi connectivity index (χ3n) is 4.68. The van der Waals surface area contributed by atoms with Crippen molar-refractivity contribution in [2.24, 2.45) is 5.41 Å². The Balaban J connectivity index is 1.86. The third kappa shape index (κ3) is 3.38. The van der Waals surface area contributed by atoms with Crippen molar-refractivity contribution in [3.8, 4) is 0 Å². The van der Waals surface area contributed by atoms with Gasteiger partial charge in [-0.1, -0.05) is 38.5 Å². The van der Waals surface area contributed by atoms with Crippen molar-refractivity contribution >= 4 is 23.5 Å². The summed E-state index contributed by atoms with van der Waals surface area (Å²) in [7, 11) is 0. The molecule has 3 rings (SSSR count). The van der Waals surface area contributed by atoms with E-state index in [-0.39, 0.29) is 23.3 Å². The lowest BCUT2D eigenvalue weighted by Crippen LogP contribution is -2.65. The number of amides is 4. The molecule has 4 amide bonds. The largest absolute Gasteiger partial charge is 0.332 e. The van der Waals surface area contributed by atoms with E-state index in [9.17, 15) is 14.4 Å². The molecule has 1 N–H and O–H groups in total. The number of likely N-dealkylation sites (tertiary alicyclic amines) is 1. The fraction of sp³-hybridized carbons (Fsp3) is 0.526. The predicted molar refractivity (Wildman–Crippen MR) is 95.2 cm³/mol. The minimum atomic E-state index is -0.617. The maximum Gasteiger partial charge on any atom is 0.329 e. The van der Waals surface area contributed by atoms with E-state index in [1.807, 2.05) is 39.8 Å². The van der Waals surface area contributed by atoms with Crippen LogP contribution in [-0.2, 0) is 9.59 Å². The molecule has 0 aliphatic carbocycles. The highest BCUT2D eigenvalue weighted by Gasteiger charge is 2.50. The third-order valence-corrected chi connectivity index (χ3v) is 4.68. The fourth-order valence-electron chi connectivity index (χ4n) is 3.48. The second kappa shape index (κ2) is 6.17. The molecule has 0 unspecified atom stereocenters. The molecule has 2 aliphatic rings. The van der Waals surface area contributed by atoms with Crippen LogP contribution in [0.15, 0.2) is 24.3 Å². The van der Waals surface area contributed by atoms with Gasteiger partial charge < -0.3 is 10.2 Å². The number of imide groups is 1. The number of rotatable bonds is 2. The van der Waals surface area contributed by atoms with Crippen molar-refractivity contribution in [3.05, 3.63) is 29.8 Å². The number of nitrogens with one attached hydrogen (secondary N) is 1. The van der Waals surface area contributed by atoms with E-state index in [2.05, 4.69) is 5.32 Å². The first-order valence-corrected chi connectivity index (χ1v) is 8.68. The van der Waals surface area contributed by atoms with Gasteiger partial charge in [-0.05, 0) is 30.9 Å². The van der Waals surface area contributed by atoms with Gasteiger partial charge in [0.1, 0.15) is 6.04 Å². The highest BCUT2D eigenvalue weighted by atomic mass is 16.2. The molecule has 2 saturated heterocycles. The van der Waals surface area contributed by atoms with Crippen LogP contribution in [0, 0.1) is 12.3 Å². The second-order valence-corrected chi connectivity index (χ2v) is 8.12. The summed E-state index contributed by atoms with van der Waals surface area (Å²) in [4.78, 5) is 41.0. The Labute approximate surface area is 148 Å². The fourth-order valence-corrected chi connectivity index (χ4v) is 3.48. The summed E-state index contributed by atoms with van der Waals surface area (Å²) in [5, 5.41) is 2.89. The normalized spacial score (nSPS) is 23.5. The first-order chi connectivity index (χ1) is 11.7. The first kappa shape index (κ1) is 17.5. The summed E-state index contributed by atoms with van der Waals surface area (Å²) in [6.07, 6.45) is 0.988. The Morgan fingerprint density at radius 1 is 1.20 bits per heavy atom. The van der Waals surface area contributed by atoms with Gasteiger partial charge in [-0.3, -0.25) is 9.59 Å². The van der Waals surface area contributed by atoms with Crippen molar-refractivity contribution in [3.63, 3.8) is 0 Å². The van der Waals surface area contributed by atoms with E-state index in [0.29, 0.717) is 25.1 Å². The quantitative estimate of drug-likeness (QED) is 0.897. The summed E-state index contributed by atoms with van der Waals surface area (Å²) < 4.78 is 0. The highest BCUT2D eigenvalue weighted by Crippen LogP contribution is 2.30. The minimum Gasteiger partial charge on any atom is -0.332 e. The molecule has 1 aromatic rings. The van der Waals surface area contributed by atoms with E-state index in [4.69, 9.17) is 0 Å². The molecule has 2 heterocycles. The summed E-state index contributed by atoms with van der Waals surface area (Å²) in [6.45, 7) is 8.45. The van der Waals surface area contributed by atoms with Crippen LogP contribution in [0.3, 0.4) is 0 Å². The zero-order valence-electron chi connectivity index (χ0n) is 15.2. The lowest BCUT2D eigenvalue weighted by molar-refractivity contribution is -0.139. The monoisotopic (exact) mass is 343 g/mol. The maximum absolute atomic E-state index is 13.1. The standard InChI is InChI=1S/C19H25N3O3/c1-12-5-7-13(8-6-12)22-17(24)16-14(20-18(22)25)9-10-21(16)15(23)11-19(2,3)4/h5-8,14,16H,9-11H2,1-4H3,(H,20,25)/t14-,16-/m1/s1. The summed E-state index contributed by atoms with van der Waals surface area (Å²) in [5.41, 5.74) is 1.43. The summed E-state index contributed by atoms with van der Waals surface area (Å²) >= 11 is 0. The topological polar surface area (TPSA) is 69.7 Å². The van der Waals surface area contributed by atoms with E-state index < -0.39 is 12.1 Å². The van der Waals surface area contributed by atoms with Crippen molar-refractivity contribution in [2.45, 2.75) is 52.6 Å². The highest BCUT2D eigenvalue weighted by molar-refractivity contribution is 6.19. The van der Waals surface area contributed by atoms with E-state index in [1.54, 1.807) is 17.0 Å². The van der Waals surface area contributed by atoms with Crippen LogP contribution in [0.1, 0.15) is 39.2 Å². The molecule has 0 radical (unpaired) electrons. The Hall–Kier alpha value is -2.37. The number of urea groups is 1. The Bertz CT molecular complexity index is 706. The van der Waals surface area contributed by atoms with Gasteiger partial charge in [0.25, 0.3) is 5.91 Å². The zero-order valence-corrected chi connectivity index (χ0v) is 15.2. The van der Waals surface area contributed by atoms with Gasteiger partial charge in [0.2, 0.25) is 5.91 Å². The summed E-state index contributed by atoms with van der Waals surface area (Å²) in [6, 6.07) is 5.89. The average Bonchev–Trinajstić information content (AvgIpc) is 2.91. The van der Waals surface area contributed by atoms with Crippen LogP contribution in [0.2, 0.25) is 0 Å². The van der Waals surface area contributed by atoms with Crippen LogP contribution in [0.25, 0.3) is 0 Å². The van der Waals surface area contributed by atoms with Gasteiger partial charge in [-0.2, -0.15) is 0 Å². The number of carbonyl (C=O) groups excluding carboxylic acids is 3. The molecule has 25 heavy (non-hydrogen) atoms. The Morgan fingerprint density at radius 2 is 1.84 bits per heavy atom. The first-order valence-electron chi connectivity index (χ1n) is 8.68. The minimum absolute atomic E-state index is 0.0339. The molecule has 134 valence electrons. The lowest BCUT2D eigenvalue weighted by atomic mass is 9.91. The van der Waals surface area contributed by atoms with Gasteiger partial charge in [-0.15, -0.1) is 0 Å². The molecule has 0 saturated carbocycles. The molecular weight excluding hydrogens is 318 g/mol. The number of nitrogens with zero attached hydrogens (tertiary/aromatic N) is 2. The van der Waals surface area contributed by atoms with E-state index >= 15 is 0 Å². The molecule has 6 nitrogen and oxygen atoms in total. The van der Waals surface area contributed by atoms with Gasteiger partial charge in [-0.25, -0.2) is 9.69 Å². The Kier molecular flexibility index (Phi) is 4.31.